The van der Waals surface area contributed by atoms with Gasteiger partial charge < -0.3 is 9.84 Å². The molecule has 16 heavy (non-hydrogen) atoms. The molecule has 4 heteroatoms. The van der Waals surface area contributed by atoms with Gasteiger partial charge in [0, 0.05) is 0 Å². The van der Waals surface area contributed by atoms with Gasteiger partial charge in [0.15, 0.2) is 0 Å². The Kier molecular flexibility index (Phi) is 2.99. The van der Waals surface area contributed by atoms with Crippen molar-refractivity contribution >= 4 is 11.9 Å². The molecule has 0 heterocycles. The Morgan fingerprint density at radius 2 is 2.06 bits per heavy atom. The van der Waals surface area contributed by atoms with Crippen LogP contribution in [0, 0.1) is 23.7 Å². The molecule has 4 nitrogen and oxygen atoms in total. The van der Waals surface area contributed by atoms with Crippen LogP contribution in [0.3, 0.4) is 0 Å². The molecule has 0 saturated heterocycles. The number of ether oxygens (including phenoxy) is 1. The van der Waals surface area contributed by atoms with Crippen LogP contribution < -0.4 is 0 Å². The Morgan fingerprint density at radius 1 is 1.31 bits per heavy atom. The van der Waals surface area contributed by atoms with Gasteiger partial charge >= 0.3 is 11.9 Å². The van der Waals surface area contributed by atoms with E-state index in [1.807, 2.05) is 12.2 Å². The largest absolute Gasteiger partial charge is 0.481 e. The first kappa shape index (κ1) is 11.2. The Labute approximate surface area is 94.3 Å². The maximum Gasteiger partial charge on any atom is 0.309 e. The molecule has 0 spiro atoms. The van der Waals surface area contributed by atoms with Crippen LogP contribution in [0.25, 0.3) is 0 Å². The molecular formula is C12H16O4. The number of allylic oxidation sites excluding steroid dienone is 2. The summed E-state index contributed by atoms with van der Waals surface area (Å²) in [6, 6.07) is 0. The Bertz CT molecular complexity index is 334. The second-order valence-electron chi connectivity index (χ2n) is 4.58. The zero-order valence-electron chi connectivity index (χ0n) is 9.26. The zero-order chi connectivity index (χ0) is 11.7. The fourth-order valence-corrected chi connectivity index (χ4v) is 3.05. The molecule has 2 bridgehead atoms. The number of esters is 1. The van der Waals surface area contributed by atoms with E-state index in [4.69, 9.17) is 4.74 Å². The van der Waals surface area contributed by atoms with Crippen LogP contribution in [0.2, 0.25) is 0 Å². The van der Waals surface area contributed by atoms with Crippen molar-refractivity contribution in [2.45, 2.75) is 19.3 Å². The number of carboxylic acid groups (broad SMARTS) is 1. The number of rotatable bonds is 2. The first-order valence-electron chi connectivity index (χ1n) is 5.62. The van der Waals surface area contributed by atoms with Crippen molar-refractivity contribution in [3.05, 3.63) is 12.2 Å². The van der Waals surface area contributed by atoms with E-state index in [1.54, 1.807) is 0 Å². The van der Waals surface area contributed by atoms with E-state index in [2.05, 4.69) is 0 Å². The molecule has 3 aliphatic carbocycles. The lowest BCUT2D eigenvalue weighted by Crippen LogP contribution is -2.42. The molecule has 0 aliphatic heterocycles. The minimum Gasteiger partial charge on any atom is -0.481 e. The first-order valence-corrected chi connectivity index (χ1v) is 5.62. The van der Waals surface area contributed by atoms with Crippen molar-refractivity contribution in [3.8, 4) is 0 Å². The van der Waals surface area contributed by atoms with Crippen molar-refractivity contribution in [1.82, 2.24) is 0 Å². The fraction of sp³-hybridized carbons (Fsp3) is 0.667. The van der Waals surface area contributed by atoms with E-state index in [0.717, 1.165) is 19.3 Å². The van der Waals surface area contributed by atoms with Gasteiger partial charge in [-0.05, 0) is 31.1 Å². The average Bonchev–Trinajstić information content (AvgIpc) is 2.60. The monoisotopic (exact) mass is 224 g/mol. The van der Waals surface area contributed by atoms with E-state index in [-0.39, 0.29) is 17.8 Å². The Morgan fingerprint density at radius 3 is 2.69 bits per heavy atom. The average molecular weight is 224 g/mol. The third kappa shape index (κ3) is 1.72. The van der Waals surface area contributed by atoms with Crippen molar-refractivity contribution in [2.75, 3.05) is 7.11 Å². The normalized spacial score (nSPS) is 36.8. The minimum absolute atomic E-state index is 0.0136. The van der Waals surface area contributed by atoms with Crippen LogP contribution in [0.5, 0.6) is 0 Å². The highest BCUT2D eigenvalue weighted by Gasteiger charge is 2.47. The molecule has 1 N–H and O–H groups in total. The van der Waals surface area contributed by atoms with Crippen LogP contribution in [0.4, 0.5) is 0 Å². The van der Waals surface area contributed by atoms with Crippen LogP contribution in [0.15, 0.2) is 12.2 Å². The molecule has 0 amide bonds. The van der Waals surface area contributed by atoms with Crippen molar-refractivity contribution in [1.29, 1.82) is 0 Å². The van der Waals surface area contributed by atoms with E-state index in [9.17, 15) is 14.7 Å². The first-order chi connectivity index (χ1) is 7.65. The highest BCUT2D eigenvalue weighted by atomic mass is 16.5. The number of hydrogen-bond acceptors (Lipinski definition) is 3. The number of carbonyl (C=O) groups is 2. The van der Waals surface area contributed by atoms with Gasteiger partial charge in [0.2, 0.25) is 0 Å². The number of hydrogen-bond donors (Lipinski definition) is 1. The summed E-state index contributed by atoms with van der Waals surface area (Å²) in [6.07, 6.45) is 6.55. The van der Waals surface area contributed by atoms with Crippen LogP contribution in [-0.4, -0.2) is 24.2 Å². The molecule has 88 valence electrons. The molecule has 3 rings (SSSR count). The van der Waals surface area contributed by atoms with Crippen molar-refractivity contribution in [2.24, 2.45) is 23.7 Å². The summed E-state index contributed by atoms with van der Waals surface area (Å²) in [7, 11) is 1.33. The molecule has 0 aromatic carbocycles. The van der Waals surface area contributed by atoms with Gasteiger partial charge in [-0.15, -0.1) is 0 Å². The predicted molar refractivity (Wildman–Crippen MR) is 56.6 cm³/mol. The SMILES string of the molecule is COC(=O)C1C2CC=CC(CC2)C1C(=O)O. The molecular weight excluding hydrogens is 208 g/mol. The van der Waals surface area contributed by atoms with Gasteiger partial charge in [-0.2, -0.15) is 0 Å². The molecule has 4 atom stereocenters. The molecule has 0 aromatic rings. The lowest BCUT2D eigenvalue weighted by molar-refractivity contribution is -0.162. The van der Waals surface area contributed by atoms with Crippen molar-refractivity contribution in [3.63, 3.8) is 0 Å². The Hall–Kier alpha value is -1.32. The summed E-state index contributed by atoms with van der Waals surface area (Å²) in [4.78, 5) is 23.0. The second-order valence-corrected chi connectivity index (χ2v) is 4.58. The number of carbonyl (C=O) groups excluding carboxylic acids is 1. The predicted octanol–water partition coefficient (Wildman–Crippen LogP) is 1.46. The molecule has 4 unspecified atom stereocenters. The molecule has 1 saturated carbocycles. The van der Waals surface area contributed by atoms with E-state index in [1.165, 1.54) is 7.11 Å². The summed E-state index contributed by atoms with van der Waals surface area (Å²) in [6.45, 7) is 0. The van der Waals surface area contributed by atoms with Gasteiger partial charge in [0.1, 0.15) is 0 Å². The number of aliphatic carboxylic acids is 1. The maximum absolute atomic E-state index is 11.7. The zero-order valence-corrected chi connectivity index (χ0v) is 9.26. The standard InChI is InChI=1S/C12H16O4/c1-16-12(15)10-8-4-2-3-7(5-6-8)9(10)11(13)14/h2-3,7-10H,4-6H2,1H3,(H,13,14). The molecule has 3 aliphatic rings. The number of methoxy groups -OCH3 is 1. The smallest absolute Gasteiger partial charge is 0.309 e. The van der Waals surface area contributed by atoms with Crippen LogP contribution in [-0.2, 0) is 14.3 Å². The van der Waals surface area contributed by atoms with Gasteiger partial charge in [0.25, 0.3) is 0 Å². The third-order valence-electron chi connectivity index (χ3n) is 3.81. The topological polar surface area (TPSA) is 63.6 Å². The molecule has 0 aromatic heterocycles. The maximum atomic E-state index is 11.7. The fourth-order valence-electron chi connectivity index (χ4n) is 3.05. The summed E-state index contributed by atoms with van der Waals surface area (Å²) in [5.74, 6) is -2.22. The molecule has 0 radical (unpaired) electrons. The lowest BCUT2D eigenvalue weighted by atomic mass is 9.67. The van der Waals surface area contributed by atoms with Crippen LogP contribution in [0.1, 0.15) is 19.3 Å². The Balaban J connectivity index is 2.33. The number of fused-ring (bicyclic) bond motifs is 3. The van der Waals surface area contributed by atoms with E-state index < -0.39 is 17.8 Å². The summed E-state index contributed by atoms with van der Waals surface area (Å²) >= 11 is 0. The minimum atomic E-state index is -0.878. The number of carboxylic acids is 1. The molecule has 1 fully saturated rings. The van der Waals surface area contributed by atoms with Gasteiger partial charge in [-0.3, -0.25) is 9.59 Å². The summed E-state index contributed by atoms with van der Waals surface area (Å²) in [5.41, 5.74) is 0. The third-order valence-corrected chi connectivity index (χ3v) is 3.81. The van der Waals surface area contributed by atoms with Gasteiger partial charge in [-0.25, -0.2) is 0 Å². The quantitative estimate of drug-likeness (QED) is 0.569. The lowest BCUT2D eigenvalue weighted by Gasteiger charge is -2.35. The second kappa shape index (κ2) is 4.28. The van der Waals surface area contributed by atoms with E-state index in [0.29, 0.717) is 0 Å². The van der Waals surface area contributed by atoms with Crippen molar-refractivity contribution < 1.29 is 19.4 Å². The summed E-state index contributed by atoms with van der Waals surface area (Å²) in [5, 5.41) is 9.26. The van der Waals surface area contributed by atoms with E-state index >= 15 is 0 Å². The van der Waals surface area contributed by atoms with Gasteiger partial charge in [0.05, 0.1) is 18.9 Å². The van der Waals surface area contributed by atoms with Crippen LogP contribution >= 0.6 is 0 Å². The summed E-state index contributed by atoms with van der Waals surface area (Å²) < 4.78 is 4.75. The van der Waals surface area contributed by atoms with Gasteiger partial charge in [-0.1, -0.05) is 12.2 Å². The highest BCUT2D eigenvalue weighted by Crippen LogP contribution is 2.44. The highest BCUT2D eigenvalue weighted by molar-refractivity contribution is 5.82.